The predicted molar refractivity (Wildman–Crippen MR) is 79.7 cm³/mol. The highest BCUT2D eigenvalue weighted by atomic mass is 16.5. The summed E-state index contributed by atoms with van der Waals surface area (Å²) in [5.74, 6) is 1.74. The monoisotopic (exact) mass is 260 g/mol. The van der Waals surface area contributed by atoms with Crippen molar-refractivity contribution in [3.63, 3.8) is 0 Å². The highest BCUT2D eigenvalue weighted by molar-refractivity contribution is 5.63. The van der Waals surface area contributed by atoms with Crippen molar-refractivity contribution < 1.29 is 4.74 Å². The molecule has 2 N–H and O–H groups in total. The van der Waals surface area contributed by atoms with Crippen molar-refractivity contribution in [1.82, 2.24) is 0 Å². The molecule has 19 heavy (non-hydrogen) atoms. The highest BCUT2D eigenvalue weighted by Crippen LogP contribution is 2.39. The summed E-state index contributed by atoms with van der Waals surface area (Å²) >= 11 is 0. The van der Waals surface area contributed by atoms with Crippen LogP contribution in [0.2, 0.25) is 0 Å². The van der Waals surface area contributed by atoms with Gasteiger partial charge in [-0.1, -0.05) is 0 Å². The lowest BCUT2D eigenvalue weighted by molar-refractivity contribution is 0.244. The summed E-state index contributed by atoms with van der Waals surface area (Å²) in [6.07, 6.45) is 5.62. The van der Waals surface area contributed by atoms with E-state index in [9.17, 15) is 0 Å². The lowest BCUT2D eigenvalue weighted by Crippen LogP contribution is -2.28. The molecule has 0 aliphatic heterocycles. The zero-order valence-electron chi connectivity index (χ0n) is 11.9. The summed E-state index contributed by atoms with van der Waals surface area (Å²) in [5, 5.41) is 0. The third-order valence-corrected chi connectivity index (χ3v) is 3.83. The van der Waals surface area contributed by atoms with E-state index in [1.165, 1.54) is 37.9 Å². The van der Waals surface area contributed by atoms with Gasteiger partial charge < -0.3 is 15.4 Å². The van der Waals surface area contributed by atoms with Gasteiger partial charge in [-0.3, -0.25) is 0 Å². The number of nitrogen functional groups attached to an aromatic ring is 1. The molecule has 1 aromatic carbocycles. The Morgan fingerprint density at radius 3 is 2.58 bits per heavy atom. The van der Waals surface area contributed by atoms with E-state index in [1.807, 2.05) is 19.9 Å². The van der Waals surface area contributed by atoms with Crippen LogP contribution in [0.3, 0.4) is 0 Å². The topological polar surface area (TPSA) is 38.5 Å². The van der Waals surface area contributed by atoms with Crippen LogP contribution in [0, 0.1) is 5.92 Å². The molecule has 2 aliphatic carbocycles. The molecule has 3 nitrogen and oxygen atoms in total. The molecule has 0 heterocycles. The second-order valence-corrected chi connectivity index (χ2v) is 6.22. The van der Waals surface area contributed by atoms with Gasteiger partial charge in [-0.05, 0) is 57.6 Å². The van der Waals surface area contributed by atoms with Gasteiger partial charge in [0.25, 0.3) is 0 Å². The Labute approximate surface area is 115 Å². The van der Waals surface area contributed by atoms with E-state index in [0.29, 0.717) is 0 Å². The normalized spacial score (nSPS) is 18.7. The van der Waals surface area contributed by atoms with Crippen LogP contribution in [0.25, 0.3) is 0 Å². The van der Waals surface area contributed by atoms with Crippen LogP contribution in [0.4, 0.5) is 11.4 Å². The minimum atomic E-state index is 0.162. The van der Waals surface area contributed by atoms with Crippen molar-refractivity contribution in [3.8, 4) is 5.75 Å². The van der Waals surface area contributed by atoms with Gasteiger partial charge in [0, 0.05) is 24.3 Å². The molecule has 104 valence electrons. The summed E-state index contributed by atoms with van der Waals surface area (Å²) in [7, 11) is 0. The molecule has 2 fully saturated rings. The molecule has 0 unspecified atom stereocenters. The smallest absolute Gasteiger partial charge is 0.144 e. The van der Waals surface area contributed by atoms with E-state index in [4.69, 9.17) is 10.5 Å². The van der Waals surface area contributed by atoms with E-state index < -0.39 is 0 Å². The van der Waals surface area contributed by atoms with Crippen LogP contribution in [0.5, 0.6) is 5.75 Å². The number of anilines is 2. The van der Waals surface area contributed by atoms with Gasteiger partial charge in [0.15, 0.2) is 0 Å². The molecular formula is C16H24N2O. The van der Waals surface area contributed by atoms with Crippen molar-refractivity contribution in [2.45, 2.75) is 51.7 Å². The van der Waals surface area contributed by atoms with Gasteiger partial charge in [0.05, 0.1) is 11.8 Å². The van der Waals surface area contributed by atoms with Crippen molar-refractivity contribution in [1.29, 1.82) is 0 Å². The standard InChI is InChI=1S/C16H24N2O/c1-11(2)19-16-9-14(7-8-15(16)17)18(13-5-6-13)10-12-3-4-12/h7-9,11-13H,3-6,10,17H2,1-2H3. The molecule has 0 radical (unpaired) electrons. The first-order valence-corrected chi connectivity index (χ1v) is 7.46. The number of nitrogens with zero attached hydrogens (tertiary/aromatic N) is 1. The maximum Gasteiger partial charge on any atom is 0.144 e. The van der Waals surface area contributed by atoms with Crippen molar-refractivity contribution >= 4 is 11.4 Å². The minimum Gasteiger partial charge on any atom is -0.489 e. The second kappa shape index (κ2) is 4.95. The number of rotatable bonds is 6. The minimum absolute atomic E-state index is 0.162. The fourth-order valence-electron chi connectivity index (χ4n) is 2.49. The Balaban J connectivity index is 1.80. The third kappa shape index (κ3) is 3.14. The van der Waals surface area contributed by atoms with Gasteiger partial charge in [0.2, 0.25) is 0 Å². The van der Waals surface area contributed by atoms with Gasteiger partial charge in [-0.25, -0.2) is 0 Å². The van der Waals surface area contributed by atoms with E-state index in [0.717, 1.165) is 23.4 Å². The van der Waals surface area contributed by atoms with Crippen LogP contribution >= 0.6 is 0 Å². The van der Waals surface area contributed by atoms with E-state index in [2.05, 4.69) is 17.0 Å². The van der Waals surface area contributed by atoms with Crippen LogP contribution in [0.15, 0.2) is 18.2 Å². The molecule has 0 atom stereocenters. The summed E-state index contributed by atoms with van der Waals surface area (Å²) < 4.78 is 5.80. The first-order valence-electron chi connectivity index (χ1n) is 7.46. The largest absolute Gasteiger partial charge is 0.489 e. The fraction of sp³-hybridized carbons (Fsp3) is 0.625. The van der Waals surface area contributed by atoms with Crippen molar-refractivity contribution in [3.05, 3.63) is 18.2 Å². The Kier molecular flexibility index (Phi) is 3.29. The van der Waals surface area contributed by atoms with E-state index >= 15 is 0 Å². The van der Waals surface area contributed by atoms with Crippen LogP contribution in [-0.2, 0) is 0 Å². The molecule has 2 aliphatic rings. The number of ether oxygens (including phenoxy) is 1. The molecule has 0 spiro atoms. The molecule has 1 aromatic rings. The molecule has 3 rings (SSSR count). The molecular weight excluding hydrogens is 236 g/mol. The predicted octanol–water partition coefficient (Wildman–Crippen LogP) is 3.43. The second-order valence-electron chi connectivity index (χ2n) is 6.22. The summed E-state index contributed by atoms with van der Waals surface area (Å²) in [6, 6.07) is 6.99. The Hall–Kier alpha value is -1.38. The Morgan fingerprint density at radius 2 is 2.00 bits per heavy atom. The first-order chi connectivity index (χ1) is 9.13. The number of hydrogen-bond acceptors (Lipinski definition) is 3. The molecule has 0 saturated heterocycles. The SMILES string of the molecule is CC(C)Oc1cc(N(CC2CC2)C2CC2)ccc1N. The third-order valence-electron chi connectivity index (χ3n) is 3.83. The maximum atomic E-state index is 6.00. The zero-order valence-corrected chi connectivity index (χ0v) is 11.9. The zero-order chi connectivity index (χ0) is 13.4. The summed E-state index contributed by atoms with van der Waals surface area (Å²) in [6.45, 7) is 5.28. The number of hydrogen-bond donors (Lipinski definition) is 1. The van der Waals surface area contributed by atoms with Crippen LogP contribution < -0.4 is 15.4 Å². The van der Waals surface area contributed by atoms with E-state index in [-0.39, 0.29) is 6.10 Å². The van der Waals surface area contributed by atoms with Crippen LogP contribution in [0.1, 0.15) is 39.5 Å². The van der Waals surface area contributed by atoms with E-state index in [1.54, 1.807) is 0 Å². The summed E-state index contributed by atoms with van der Waals surface area (Å²) in [4.78, 5) is 2.56. The summed E-state index contributed by atoms with van der Waals surface area (Å²) in [5.41, 5.74) is 8.01. The fourth-order valence-corrected chi connectivity index (χ4v) is 2.49. The average Bonchev–Trinajstić information content (AvgIpc) is 3.23. The lowest BCUT2D eigenvalue weighted by Gasteiger charge is -2.26. The molecule has 0 bridgehead atoms. The van der Waals surface area contributed by atoms with Gasteiger partial charge in [0.1, 0.15) is 5.75 Å². The van der Waals surface area contributed by atoms with Gasteiger partial charge in [-0.2, -0.15) is 0 Å². The Morgan fingerprint density at radius 1 is 1.26 bits per heavy atom. The maximum absolute atomic E-state index is 6.00. The number of benzene rings is 1. The number of nitrogens with two attached hydrogens (primary N) is 1. The highest BCUT2D eigenvalue weighted by Gasteiger charge is 2.34. The average molecular weight is 260 g/mol. The lowest BCUT2D eigenvalue weighted by atomic mass is 10.2. The first kappa shape index (κ1) is 12.6. The van der Waals surface area contributed by atoms with Crippen LogP contribution in [-0.4, -0.2) is 18.7 Å². The van der Waals surface area contributed by atoms with Gasteiger partial charge in [-0.15, -0.1) is 0 Å². The van der Waals surface area contributed by atoms with Gasteiger partial charge >= 0.3 is 0 Å². The quantitative estimate of drug-likeness (QED) is 0.796. The van der Waals surface area contributed by atoms with Crippen molar-refractivity contribution in [2.24, 2.45) is 5.92 Å². The molecule has 0 aromatic heterocycles. The molecule has 3 heteroatoms. The van der Waals surface area contributed by atoms with Crippen molar-refractivity contribution in [2.75, 3.05) is 17.2 Å². The molecule has 0 amide bonds. The Bertz CT molecular complexity index is 450. The molecule has 2 saturated carbocycles.